The van der Waals surface area contributed by atoms with E-state index < -0.39 is 24.0 Å². The molecule has 0 bridgehead atoms. The number of hydrogen-bond acceptors (Lipinski definition) is 3. The molecule has 0 aliphatic carbocycles. The van der Waals surface area contributed by atoms with Crippen LogP contribution in [0, 0.1) is 41.5 Å². The predicted molar refractivity (Wildman–Crippen MR) is 146 cm³/mol. The quantitative estimate of drug-likeness (QED) is 0.273. The molecule has 3 nitrogen and oxygen atoms in total. The minimum absolute atomic E-state index is 0.657. The Hall–Kier alpha value is -1.45. The topological polar surface area (TPSA) is 49.7 Å². The van der Waals surface area contributed by atoms with E-state index in [2.05, 4.69) is 105 Å². The van der Waals surface area contributed by atoms with E-state index in [9.17, 15) is 9.59 Å². The molecule has 0 heterocycles. The van der Waals surface area contributed by atoms with Gasteiger partial charge in [0.25, 0.3) is 0 Å². The molecule has 0 atom stereocenters. The standard InChI is InChI=1S/C26H42O3Si3/c1-17-13-19(3)23(20(4)14-17)25(29-30(7,8)9)26(32(27,28)31(10,11)12)24-21(5)15-18(2)16-22(24)6/h13-16,27-28H,1-12H3/b26-25+. The van der Waals surface area contributed by atoms with Crippen LogP contribution >= 0.6 is 0 Å². The molecule has 0 aromatic heterocycles. The van der Waals surface area contributed by atoms with Crippen LogP contribution in [0.15, 0.2) is 24.3 Å². The summed E-state index contributed by atoms with van der Waals surface area (Å²) >= 11 is 0. The lowest BCUT2D eigenvalue weighted by atomic mass is 9.94. The van der Waals surface area contributed by atoms with Gasteiger partial charge in [-0.1, -0.05) is 55.0 Å². The van der Waals surface area contributed by atoms with E-state index in [0.717, 1.165) is 33.4 Å². The first kappa shape index (κ1) is 26.8. The Morgan fingerprint density at radius 1 is 0.625 bits per heavy atom. The maximum atomic E-state index is 12.0. The summed E-state index contributed by atoms with van der Waals surface area (Å²) in [7, 11) is -8.31. The first-order valence-electron chi connectivity index (χ1n) is 11.4. The zero-order valence-corrected chi connectivity index (χ0v) is 25.1. The van der Waals surface area contributed by atoms with Crippen molar-refractivity contribution in [2.75, 3.05) is 0 Å². The van der Waals surface area contributed by atoms with Crippen LogP contribution < -0.4 is 0 Å². The Balaban J connectivity index is 3.20. The van der Waals surface area contributed by atoms with E-state index in [4.69, 9.17) is 4.43 Å². The molecule has 0 radical (unpaired) electrons. The minimum atomic E-state index is -3.84. The summed E-state index contributed by atoms with van der Waals surface area (Å²) in [6.45, 7) is 25.2. The maximum Gasteiger partial charge on any atom is 0.347 e. The summed E-state index contributed by atoms with van der Waals surface area (Å²) in [6.07, 6.45) is 0. The van der Waals surface area contributed by atoms with Crippen molar-refractivity contribution in [2.24, 2.45) is 0 Å². The molecule has 0 aliphatic heterocycles. The Bertz CT molecular complexity index is 1010. The van der Waals surface area contributed by atoms with E-state index in [0.29, 0.717) is 11.0 Å². The van der Waals surface area contributed by atoms with Crippen molar-refractivity contribution >= 4 is 34.9 Å². The van der Waals surface area contributed by atoms with E-state index in [1.165, 1.54) is 11.1 Å². The van der Waals surface area contributed by atoms with Crippen LogP contribution in [0.5, 0.6) is 0 Å². The second-order valence-electron chi connectivity index (χ2n) is 11.4. The molecule has 2 aromatic carbocycles. The molecule has 2 N–H and O–H groups in total. The van der Waals surface area contributed by atoms with Gasteiger partial charge in [-0.2, -0.15) is 0 Å². The van der Waals surface area contributed by atoms with E-state index in [-0.39, 0.29) is 0 Å². The molecule has 0 amide bonds. The average molecular weight is 487 g/mol. The van der Waals surface area contributed by atoms with Crippen LogP contribution in [-0.2, 0) is 4.43 Å². The van der Waals surface area contributed by atoms with Gasteiger partial charge >= 0.3 is 8.08 Å². The fourth-order valence-electron chi connectivity index (χ4n) is 4.47. The first-order chi connectivity index (χ1) is 14.4. The molecule has 0 aliphatic rings. The normalized spacial score (nSPS) is 13.8. The van der Waals surface area contributed by atoms with E-state index in [1.54, 1.807) is 0 Å². The van der Waals surface area contributed by atoms with Gasteiger partial charge < -0.3 is 14.0 Å². The van der Waals surface area contributed by atoms with Gasteiger partial charge in [-0.3, -0.25) is 0 Å². The van der Waals surface area contributed by atoms with Crippen LogP contribution in [0.1, 0.15) is 44.5 Å². The highest BCUT2D eigenvalue weighted by Crippen LogP contribution is 2.42. The number of rotatable bonds is 6. The lowest BCUT2D eigenvalue weighted by Gasteiger charge is -2.37. The zero-order chi connectivity index (χ0) is 24.8. The fourth-order valence-corrected chi connectivity index (χ4v) is 10.3. The molecule has 0 spiro atoms. The van der Waals surface area contributed by atoms with Gasteiger partial charge in [0, 0.05) is 10.8 Å². The van der Waals surface area contributed by atoms with Gasteiger partial charge in [-0.05, 0) is 89.0 Å². The van der Waals surface area contributed by atoms with Crippen LogP contribution in [-0.4, -0.2) is 33.6 Å². The summed E-state index contributed by atoms with van der Waals surface area (Å²) in [5.74, 6) is 0.688. The van der Waals surface area contributed by atoms with Crippen molar-refractivity contribution in [2.45, 2.75) is 80.8 Å². The lowest BCUT2D eigenvalue weighted by Crippen LogP contribution is -2.59. The van der Waals surface area contributed by atoms with E-state index >= 15 is 0 Å². The molecule has 2 aromatic rings. The molecule has 0 saturated heterocycles. The highest BCUT2D eigenvalue weighted by atomic mass is 29.3. The minimum Gasteiger partial charge on any atom is -0.544 e. The highest BCUT2D eigenvalue weighted by Gasteiger charge is 2.51. The van der Waals surface area contributed by atoms with Gasteiger partial charge in [0.1, 0.15) is 13.4 Å². The number of hydrogen-bond donors (Lipinski definition) is 2. The molecule has 32 heavy (non-hydrogen) atoms. The molecule has 0 saturated carbocycles. The van der Waals surface area contributed by atoms with Crippen molar-refractivity contribution in [3.8, 4) is 0 Å². The molecule has 0 unspecified atom stereocenters. The van der Waals surface area contributed by atoms with Crippen molar-refractivity contribution in [3.05, 3.63) is 68.8 Å². The van der Waals surface area contributed by atoms with Crippen molar-refractivity contribution in [1.82, 2.24) is 0 Å². The van der Waals surface area contributed by atoms with Gasteiger partial charge in [0.15, 0.2) is 0 Å². The summed E-state index contributed by atoms with van der Waals surface area (Å²) in [5.41, 5.74) is 8.67. The third kappa shape index (κ3) is 5.54. The summed E-state index contributed by atoms with van der Waals surface area (Å²) in [6, 6.07) is 8.60. The molecular weight excluding hydrogens is 445 g/mol. The van der Waals surface area contributed by atoms with Gasteiger partial charge in [0.2, 0.25) is 8.32 Å². The summed E-state index contributed by atoms with van der Waals surface area (Å²) in [5, 5.41) is 0.657. The first-order valence-corrected chi connectivity index (χ1v) is 21.2. The molecule has 2 rings (SSSR count). The smallest absolute Gasteiger partial charge is 0.347 e. The van der Waals surface area contributed by atoms with Gasteiger partial charge in [-0.25, -0.2) is 0 Å². The van der Waals surface area contributed by atoms with Crippen molar-refractivity contribution in [1.29, 1.82) is 0 Å². The summed E-state index contributed by atoms with van der Waals surface area (Å²) < 4.78 is 6.82. The predicted octanol–water partition coefficient (Wildman–Crippen LogP) is 6.64. The second-order valence-corrected chi connectivity index (χ2v) is 28.8. The summed E-state index contributed by atoms with van der Waals surface area (Å²) in [4.78, 5) is 24.0. The average Bonchev–Trinajstić information content (AvgIpc) is 2.53. The molecule has 0 fully saturated rings. The third-order valence-corrected chi connectivity index (χ3v) is 17.0. The van der Waals surface area contributed by atoms with Crippen molar-refractivity contribution < 1.29 is 14.0 Å². The monoisotopic (exact) mass is 486 g/mol. The number of benzene rings is 2. The Morgan fingerprint density at radius 3 is 1.28 bits per heavy atom. The van der Waals surface area contributed by atoms with Crippen LogP contribution in [0.25, 0.3) is 11.0 Å². The van der Waals surface area contributed by atoms with Crippen LogP contribution in [0.2, 0.25) is 39.3 Å². The molecule has 6 heteroatoms. The van der Waals surface area contributed by atoms with Gasteiger partial charge in [-0.15, -0.1) is 0 Å². The van der Waals surface area contributed by atoms with E-state index in [1.807, 2.05) is 0 Å². The maximum absolute atomic E-state index is 12.0. The number of aryl methyl sites for hydroxylation is 6. The zero-order valence-electron chi connectivity index (χ0n) is 22.1. The van der Waals surface area contributed by atoms with Crippen LogP contribution in [0.4, 0.5) is 0 Å². The highest BCUT2D eigenvalue weighted by molar-refractivity contribution is 7.42. The lowest BCUT2D eigenvalue weighted by molar-refractivity contribution is 0.406. The molecule has 176 valence electrons. The SMILES string of the molecule is Cc1cc(C)c(/C(O[Si](C)(C)C)=C(/c2c(C)cc(C)cc2C)[Si](O)(O)[Si](C)(C)C)c(C)c1. The Morgan fingerprint density at radius 2 is 0.969 bits per heavy atom. The van der Waals surface area contributed by atoms with Crippen molar-refractivity contribution in [3.63, 3.8) is 0 Å². The van der Waals surface area contributed by atoms with Crippen LogP contribution in [0.3, 0.4) is 0 Å². The Kier molecular flexibility index (Phi) is 7.59. The fraction of sp³-hybridized carbons (Fsp3) is 0.462. The third-order valence-electron chi connectivity index (χ3n) is 5.86. The largest absolute Gasteiger partial charge is 0.544 e. The Labute approximate surface area is 198 Å². The van der Waals surface area contributed by atoms with Gasteiger partial charge in [0.05, 0.1) is 0 Å². The second kappa shape index (κ2) is 9.06. The molecular formula is C26H42O3Si3.